The molecule has 2 N–H and O–H groups in total. The van der Waals surface area contributed by atoms with E-state index in [9.17, 15) is 14.7 Å². The molecule has 0 fully saturated rings. The first-order chi connectivity index (χ1) is 10.0. The van der Waals surface area contributed by atoms with Crippen LogP contribution >= 0.6 is 0 Å². The molecular formula is C16H10O5. The van der Waals surface area contributed by atoms with Crippen molar-refractivity contribution in [2.24, 2.45) is 0 Å². The van der Waals surface area contributed by atoms with Crippen LogP contribution in [-0.2, 0) is 0 Å². The van der Waals surface area contributed by atoms with Gasteiger partial charge in [-0.05, 0) is 24.3 Å². The van der Waals surface area contributed by atoms with Crippen molar-refractivity contribution < 1.29 is 24.5 Å². The second-order valence-electron chi connectivity index (χ2n) is 4.03. The molecule has 5 heteroatoms. The van der Waals surface area contributed by atoms with E-state index in [2.05, 4.69) is 5.92 Å². The minimum Gasteiger partial charge on any atom is -0.478 e. The summed E-state index contributed by atoms with van der Waals surface area (Å²) in [5.41, 5.74) is -0.685. The molecule has 5 nitrogen and oxygen atoms in total. The predicted octanol–water partition coefficient (Wildman–Crippen LogP) is 2.86. The van der Waals surface area contributed by atoms with E-state index in [0.29, 0.717) is 5.75 Å². The largest absolute Gasteiger partial charge is 0.478 e. The molecule has 2 aromatic rings. The SMILES string of the molecule is C#Cc1ccc(C(=O)O)c(C(=O)O)c1Oc1ccccc1. The number of aromatic carboxylic acids is 2. The number of para-hydroxylation sites is 1. The van der Waals surface area contributed by atoms with E-state index in [1.807, 2.05) is 0 Å². The van der Waals surface area contributed by atoms with Gasteiger partial charge in [-0.15, -0.1) is 6.42 Å². The number of carboxylic acids is 2. The van der Waals surface area contributed by atoms with Crippen LogP contribution in [0, 0.1) is 12.3 Å². The standard InChI is InChI=1S/C16H10O5/c1-2-10-8-9-12(15(17)18)13(16(19)20)14(10)21-11-6-4-3-5-7-11/h1,3-9H,(H,17,18)(H,19,20). The van der Waals surface area contributed by atoms with E-state index in [-0.39, 0.29) is 16.9 Å². The van der Waals surface area contributed by atoms with Gasteiger partial charge in [-0.3, -0.25) is 0 Å². The lowest BCUT2D eigenvalue weighted by Gasteiger charge is -2.13. The molecule has 21 heavy (non-hydrogen) atoms. The molecule has 104 valence electrons. The second kappa shape index (κ2) is 5.80. The summed E-state index contributed by atoms with van der Waals surface area (Å²) in [6, 6.07) is 10.9. The molecule has 0 heterocycles. The fourth-order valence-electron chi connectivity index (χ4n) is 1.80. The van der Waals surface area contributed by atoms with E-state index in [0.717, 1.165) is 6.07 Å². The van der Waals surface area contributed by atoms with Crippen LogP contribution in [0.25, 0.3) is 0 Å². The average molecular weight is 282 g/mol. The quantitative estimate of drug-likeness (QED) is 0.842. The van der Waals surface area contributed by atoms with Gasteiger partial charge in [0.15, 0.2) is 5.75 Å². The van der Waals surface area contributed by atoms with Gasteiger partial charge in [0, 0.05) is 0 Å². The molecule has 0 amide bonds. The monoisotopic (exact) mass is 282 g/mol. The van der Waals surface area contributed by atoms with Gasteiger partial charge < -0.3 is 14.9 Å². The van der Waals surface area contributed by atoms with Crippen molar-refractivity contribution in [3.05, 3.63) is 59.2 Å². The fourth-order valence-corrected chi connectivity index (χ4v) is 1.80. The zero-order chi connectivity index (χ0) is 15.4. The van der Waals surface area contributed by atoms with Gasteiger partial charge in [-0.1, -0.05) is 24.1 Å². The van der Waals surface area contributed by atoms with Crippen LogP contribution < -0.4 is 4.74 Å². The summed E-state index contributed by atoms with van der Waals surface area (Å²) in [6.45, 7) is 0. The highest BCUT2D eigenvalue weighted by Gasteiger charge is 2.24. The van der Waals surface area contributed by atoms with Crippen LogP contribution in [0.1, 0.15) is 26.3 Å². The first kappa shape index (κ1) is 14.2. The normalized spacial score (nSPS) is 9.67. The maximum absolute atomic E-state index is 11.4. The Morgan fingerprint density at radius 1 is 1.00 bits per heavy atom. The van der Waals surface area contributed by atoms with Crippen LogP contribution in [0.5, 0.6) is 11.5 Å². The molecule has 0 radical (unpaired) electrons. The van der Waals surface area contributed by atoms with Crippen molar-refractivity contribution in [1.29, 1.82) is 0 Å². The Balaban J connectivity index is 2.66. The summed E-state index contributed by atoms with van der Waals surface area (Å²) in [4.78, 5) is 22.6. The lowest BCUT2D eigenvalue weighted by atomic mass is 10.0. The molecule has 0 aliphatic rings. The summed E-state index contributed by atoms with van der Waals surface area (Å²) < 4.78 is 5.50. The number of ether oxygens (including phenoxy) is 1. The van der Waals surface area contributed by atoms with Gasteiger partial charge in [-0.25, -0.2) is 9.59 Å². The Kier molecular flexibility index (Phi) is 3.91. The molecule has 0 spiro atoms. The molecule has 0 unspecified atom stereocenters. The minimum atomic E-state index is -1.42. The van der Waals surface area contributed by atoms with Gasteiger partial charge in [0.1, 0.15) is 11.3 Å². The average Bonchev–Trinajstić information content (AvgIpc) is 2.47. The Bertz CT molecular complexity index is 741. The van der Waals surface area contributed by atoms with Crippen LogP contribution in [0.2, 0.25) is 0 Å². The molecule has 0 saturated heterocycles. The highest BCUT2D eigenvalue weighted by molar-refractivity contribution is 6.04. The highest BCUT2D eigenvalue weighted by Crippen LogP contribution is 2.31. The number of hydrogen-bond acceptors (Lipinski definition) is 3. The summed E-state index contributed by atoms with van der Waals surface area (Å²) in [5.74, 6) is -0.288. The Morgan fingerprint density at radius 2 is 1.67 bits per heavy atom. The van der Waals surface area contributed by atoms with Gasteiger partial charge in [0.2, 0.25) is 0 Å². The number of rotatable bonds is 4. The summed E-state index contributed by atoms with van der Waals surface area (Å²) in [6.07, 6.45) is 5.33. The minimum absolute atomic E-state index is 0.156. The maximum Gasteiger partial charge on any atom is 0.340 e. The van der Waals surface area contributed by atoms with Crippen LogP contribution in [0.3, 0.4) is 0 Å². The highest BCUT2D eigenvalue weighted by atomic mass is 16.5. The summed E-state index contributed by atoms with van der Waals surface area (Å²) in [5, 5.41) is 18.4. The van der Waals surface area contributed by atoms with Crippen molar-refractivity contribution in [1.82, 2.24) is 0 Å². The van der Waals surface area contributed by atoms with Crippen molar-refractivity contribution >= 4 is 11.9 Å². The second-order valence-corrected chi connectivity index (χ2v) is 4.03. The van der Waals surface area contributed by atoms with E-state index in [1.165, 1.54) is 6.07 Å². The zero-order valence-electron chi connectivity index (χ0n) is 10.7. The van der Waals surface area contributed by atoms with Gasteiger partial charge in [-0.2, -0.15) is 0 Å². The molecule has 0 bridgehead atoms. The fraction of sp³-hybridized carbons (Fsp3) is 0. The van der Waals surface area contributed by atoms with Crippen LogP contribution in [-0.4, -0.2) is 22.2 Å². The third kappa shape index (κ3) is 2.85. The predicted molar refractivity (Wildman–Crippen MR) is 74.8 cm³/mol. The van der Waals surface area contributed by atoms with E-state index in [1.54, 1.807) is 30.3 Å². The number of terminal acetylenes is 1. The molecular weight excluding hydrogens is 272 g/mol. The molecule has 2 aromatic carbocycles. The van der Waals surface area contributed by atoms with Crippen molar-refractivity contribution in [3.8, 4) is 23.8 Å². The first-order valence-corrected chi connectivity index (χ1v) is 5.87. The number of carboxylic acid groups (broad SMARTS) is 2. The molecule has 0 aromatic heterocycles. The van der Waals surface area contributed by atoms with E-state index in [4.69, 9.17) is 16.3 Å². The smallest absolute Gasteiger partial charge is 0.340 e. The zero-order valence-corrected chi connectivity index (χ0v) is 10.7. The lowest BCUT2D eigenvalue weighted by Crippen LogP contribution is -2.11. The third-order valence-electron chi connectivity index (χ3n) is 2.72. The van der Waals surface area contributed by atoms with E-state index >= 15 is 0 Å². The molecule has 0 atom stereocenters. The van der Waals surface area contributed by atoms with Gasteiger partial charge in [0.25, 0.3) is 0 Å². The van der Waals surface area contributed by atoms with Crippen molar-refractivity contribution in [2.75, 3.05) is 0 Å². The molecule has 0 aliphatic carbocycles. The van der Waals surface area contributed by atoms with Crippen LogP contribution in [0.4, 0.5) is 0 Å². The van der Waals surface area contributed by atoms with Crippen LogP contribution in [0.15, 0.2) is 42.5 Å². The maximum atomic E-state index is 11.4. The molecule has 2 rings (SSSR count). The van der Waals surface area contributed by atoms with Gasteiger partial charge >= 0.3 is 11.9 Å². The third-order valence-corrected chi connectivity index (χ3v) is 2.72. The Hall–Kier alpha value is -3.26. The number of benzene rings is 2. The summed E-state index contributed by atoms with van der Waals surface area (Å²) >= 11 is 0. The number of hydrogen-bond donors (Lipinski definition) is 2. The Labute approximate surface area is 120 Å². The topological polar surface area (TPSA) is 83.8 Å². The molecule has 0 aliphatic heterocycles. The molecule has 0 saturated carbocycles. The summed E-state index contributed by atoms with van der Waals surface area (Å²) in [7, 11) is 0. The first-order valence-electron chi connectivity index (χ1n) is 5.87. The van der Waals surface area contributed by atoms with Gasteiger partial charge in [0.05, 0.1) is 11.1 Å². The lowest BCUT2D eigenvalue weighted by molar-refractivity contribution is 0.0649. The Morgan fingerprint density at radius 3 is 2.19 bits per heavy atom. The van der Waals surface area contributed by atoms with Crippen molar-refractivity contribution in [3.63, 3.8) is 0 Å². The van der Waals surface area contributed by atoms with Crippen molar-refractivity contribution in [2.45, 2.75) is 0 Å². The number of carbonyl (C=O) groups is 2. The van der Waals surface area contributed by atoms with E-state index < -0.39 is 17.5 Å².